The SMILES string of the molecule is Oc1ccc[s+]1O. The van der Waals surface area contributed by atoms with Gasteiger partial charge in [-0.3, -0.25) is 0 Å². The van der Waals surface area contributed by atoms with Crippen molar-refractivity contribution in [3.63, 3.8) is 0 Å². The van der Waals surface area contributed by atoms with Gasteiger partial charge in [-0.15, -0.1) is 0 Å². The highest BCUT2D eigenvalue weighted by Crippen LogP contribution is 2.25. The van der Waals surface area contributed by atoms with E-state index < -0.39 is 10.8 Å². The fraction of sp³-hybridized carbons (Fsp3) is 0. The van der Waals surface area contributed by atoms with Gasteiger partial charge in [-0.05, 0) is 0 Å². The van der Waals surface area contributed by atoms with Crippen molar-refractivity contribution in [3.8, 4) is 5.06 Å². The van der Waals surface area contributed by atoms with Gasteiger partial charge in [-0.1, -0.05) is 0 Å². The molecular formula is C4H5O2S+. The molecule has 1 aromatic rings. The number of hydrogen-bond donors (Lipinski definition) is 2. The highest BCUT2D eigenvalue weighted by atomic mass is 32.2. The maximum atomic E-state index is 8.62. The molecule has 0 aliphatic heterocycles. The van der Waals surface area contributed by atoms with Crippen LogP contribution in [0.2, 0.25) is 0 Å². The summed E-state index contributed by atoms with van der Waals surface area (Å²) in [5.74, 6) is 0. The average molecular weight is 117 g/mol. The Kier molecular flexibility index (Phi) is 1.00. The van der Waals surface area contributed by atoms with Crippen molar-refractivity contribution >= 4 is 10.8 Å². The molecule has 0 bridgehead atoms. The molecule has 0 fully saturated rings. The quantitative estimate of drug-likeness (QED) is 0.502. The van der Waals surface area contributed by atoms with Gasteiger partial charge < -0.3 is 5.11 Å². The first-order valence-electron chi connectivity index (χ1n) is 1.80. The molecular weight excluding hydrogens is 112 g/mol. The van der Waals surface area contributed by atoms with E-state index in [1.54, 1.807) is 6.07 Å². The molecule has 1 aromatic heterocycles. The third-order valence-corrected chi connectivity index (χ3v) is 1.64. The van der Waals surface area contributed by atoms with Gasteiger partial charge in [0.25, 0.3) is 0 Å². The van der Waals surface area contributed by atoms with Crippen molar-refractivity contribution < 1.29 is 9.66 Å². The van der Waals surface area contributed by atoms with Crippen LogP contribution in [0.15, 0.2) is 17.5 Å². The molecule has 2 N–H and O–H groups in total. The van der Waals surface area contributed by atoms with Crippen LogP contribution in [0.5, 0.6) is 5.06 Å². The summed E-state index contributed by atoms with van der Waals surface area (Å²) in [7, 11) is -0.981. The maximum Gasteiger partial charge on any atom is 0.362 e. The van der Waals surface area contributed by atoms with Crippen molar-refractivity contribution in [1.82, 2.24) is 0 Å². The Morgan fingerprint density at radius 2 is 2.29 bits per heavy atom. The lowest BCUT2D eigenvalue weighted by Crippen LogP contribution is -1.48. The first kappa shape index (κ1) is 4.61. The Hall–Kier alpha value is -0.540. The second-order valence-corrected chi connectivity index (χ2v) is 2.47. The molecule has 0 aliphatic rings. The minimum Gasteiger partial charge on any atom is -0.467 e. The van der Waals surface area contributed by atoms with Crippen LogP contribution >= 0.6 is 10.8 Å². The van der Waals surface area contributed by atoms with Crippen molar-refractivity contribution in [2.45, 2.75) is 0 Å². The van der Waals surface area contributed by atoms with Crippen molar-refractivity contribution in [2.75, 3.05) is 0 Å². The second-order valence-electron chi connectivity index (χ2n) is 1.15. The fourth-order valence-electron chi connectivity index (χ4n) is 0.335. The summed E-state index contributed by atoms with van der Waals surface area (Å²) in [5.41, 5.74) is 0. The van der Waals surface area contributed by atoms with E-state index in [1.165, 1.54) is 11.4 Å². The van der Waals surface area contributed by atoms with E-state index in [2.05, 4.69) is 0 Å². The maximum absolute atomic E-state index is 8.62. The molecule has 0 saturated heterocycles. The van der Waals surface area contributed by atoms with E-state index in [1.807, 2.05) is 0 Å². The highest BCUT2D eigenvalue weighted by Gasteiger charge is 2.04. The van der Waals surface area contributed by atoms with Crippen LogP contribution < -0.4 is 0 Å². The first-order chi connectivity index (χ1) is 3.30. The van der Waals surface area contributed by atoms with Gasteiger partial charge in [0, 0.05) is 12.1 Å². The predicted octanol–water partition coefficient (Wildman–Crippen LogP) is 1.28. The fourth-order valence-corrected chi connectivity index (χ4v) is 0.920. The first-order valence-corrected chi connectivity index (χ1v) is 3.05. The van der Waals surface area contributed by atoms with Crippen molar-refractivity contribution in [1.29, 1.82) is 0 Å². The van der Waals surface area contributed by atoms with Gasteiger partial charge in [0.15, 0.2) is 16.1 Å². The molecule has 0 spiro atoms. The summed E-state index contributed by atoms with van der Waals surface area (Å²) in [4.78, 5) is 0. The van der Waals surface area contributed by atoms with Crippen molar-refractivity contribution in [2.24, 2.45) is 0 Å². The van der Waals surface area contributed by atoms with Crippen LogP contribution in [0.1, 0.15) is 0 Å². The average Bonchev–Trinajstić information content (AvgIpc) is 1.91. The topological polar surface area (TPSA) is 40.5 Å². The lowest BCUT2D eigenvalue weighted by Gasteiger charge is -1.67. The third-order valence-electron chi connectivity index (χ3n) is 0.661. The number of thiophene rings is 1. The minimum atomic E-state index is -0.981. The molecule has 1 atom stereocenters. The Morgan fingerprint density at radius 1 is 1.57 bits per heavy atom. The largest absolute Gasteiger partial charge is 0.467 e. The van der Waals surface area contributed by atoms with Gasteiger partial charge in [-0.25, -0.2) is 0 Å². The molecule has 1 unspecified atom stereocenters. The number of hydrogen-bond acceptors (Lipinski definition) is 2. The van der Waals surface area contributed by atoms with E-state index >= 15 is 0 Å². The zero-order chi connectivity index (χ0) is 5.28. The van der Waals surface area contributed by atoms with Crippen LogP contribution in [0.3, 0.4) is 0 Å². The van der Waals surface area contributed by atoms with Gasteiger partial charge in [0.2, 0.25) is 0 Å². The number of rotatable bonds is 0. The van der Waals surface area contributed by atoms with Gasteiger partial charge in [0.05, 0.1) is 0 Å². The predicted molar refractivity (Wildman–Crippen MR) is 27.9 cm³/mol. The lowest BCUT2D eigenvalue weighted by atomic mass is 10.7. The zero-order valence-corrected chi connectivity index (χ0v) is 4.35. The molecule has 38 valence electrons. The Labute approximate surface area is 43.8 Å². The standard InChI is InChI=1S/C4H4O2S/c5-4-2-1-3-7(4)6/h1-3,6H/p+1. The van der Waals surface area contributed by atoms with Gasteiger partial charge in [0.1, 0.15) is 0 Å². The summed E-state index contributed by atoms with van der Waals surface area (Å²) < 4.78 is 8.62. The Bertz CT molecular complexity index is 142. The molecule has 0 radical (unpaired) electrons. The van der Waals surface area contributed by atoms with E-state index in [-0.39, 0.29) is 5.06 Å². The van der Waals surface area contributed by atoms with E-state index in [0.29, 0.717) is 0 Å². The van der Waals surface area contributed by atoms with Crippen LogP contribution in [0.25, 0.3) is 0 Å². The molecule has 1 rings (SSSR count). The van der Waals surface area contributed by atoms with E-state index in [4.69, 9.17) is 9.66 Å². The lowest BCUT2D eigenvalue weighted by molar-refractivity contribution is 0.480. The van der Waals surface area contributed by atoms with Crippen LogP contribution in [-0.2, 0) is 0 Å². The molecule has 0 amide bonds. The zero-order valence-electron chi connectivity index (χ0n) is 3.53. The molecule has 1 heterocycles. The summed E-state index contributed by atoms with van der Waals surface area (Å²) in [6.07, 6.45) is 0. The molecule has 0 saturated carbocycles. The molecule has 0 aliphatic carbocycles. The summed E-state index contributed by atoms with van der Waals surface area (Å²) in [6, 6.07) is 3.10. The molecule has 0 aromatic carbocycles. The van der Waals surface area contributed by atoms with E-state index in [0.717, 1.165) is 0 Å². The number of aromatic hydroxyl groups is 1. The summed E-state index contributed by atoms with van der Waals surface area (Å²) in [6.45, 7) is 0. The highest BCUT2D eigenvalue weighted by molar-refractivity contribution is 7.25. The van der Waals surface area contributed by atoms with Gasteiger partial charge in [-0.2, -0.15) is 4.55 Å². The summed E-state index contributed by atoms with van der Waals surface area (Å²) in [5, 5.41) is 10.2. The molecule has 7 heavy (non-hydrogen) atoms. The minimum absolute atomic E-state index is 0.0556. The molecule has 2 nitrogen and oxygen atoms in total. The van der Waals surface area contributed by atoms with Crippen LogP contribution in [-0.4, -0.2) is 9.66 Å². The van der Waals surface area contributed by atoms with Crippen LogP contribution in [0, 0.1) is 0 Å². The normalized spacial score (nSPS) is 11.9. The van der Waals surface area contributed by atoms with Crippen molar-refractivity contribution in [3.05, 3.63) is 17.5 Å². The monoisotopic (exact) mass is 117 g/mol. The van der Waals surface area contributed by atoms with Gasteiger partial charge >= 0.3 is 5.06 Å². The van der Waals surface area contributed by atoms with E-state index in [9.17, 15) is 0 Å². The second kappa shape index (κ2) is 1.52. The Balaban J connectivity index is 3.12. The Morgan fingerprint density at radius 3 is 2.43 bits per heavy atom. The molecule has 3 heteroatoms. The summed E-state index contributed by atoms with van der Waals surface area (Å²) >= 11 is 0. The third kappa shape index (κ3) is 0.730. The van der Waals surface area contributed by atoms with Crippen LogP contribution in [0.4, 0.5) is 0 Å². The smallest absolute Gasteiger partial charge is 0.362 e.